The third kappa shape index (κ3) is 3.44. The van der Waals surface area contributed by atoms with Crippen molar-refractivity contribution in [2.75, 3.05) is 11.4 Å². The van der Waals surface area contributed by atoms with Crippen molar-refractivity contribution < 1.29 is 9.90 Å². The minimum absolute atomic E-state index is 0.168. The maximum atomic E-state index is 11.7. The molecule has 0 saturated carbocycles. The molecule has 0 bridgehead atoms. The van der Waals surface area contributed by atoms with Crippen molar-refractivity contribution in [1.82, 2.24) is 14.6 Å². The molecule has 0 aliphatic carbocycles. The van der Waals surface area contributed by atoms with Gasteiger partial charge in [0.25, 0.3) is 0 Å². The number of hydrogen-bond acceptors (Lipinski definition) is 4. The molecule has 7 heteroatoms. The highest BCUT2D eigenvalue weighted by Crippen LogP contribution is 2.33. The molecule has 1 aliphatic rings. The van der Waals surface area contributed by atoms with Gasteiger partial charge in [-0.25, -0.2) is 9.78 Å². The van der Waals surface area contributed by atoms with E-state index < -0.39 is 12.0 Å². The number of hydrogen-bond donors (Lipinski definition) is 1. The molecule has 2 unspecified atom stereocenters. The number of carboxylic acids is 1. The van der Waals surface area contributed by atoms with Gasteiger partial charge in [0.15, 0.2) is 5.65 Å². The number of fused-ring (bicyclic) bond motifs is 1. The predicted octanol–water partition coefficient (Wildman–Crippen LogP) is 3.78. The summed E-state index contributed by atoms with van der Waals surface area (Å²) in [6.45, 7) is 4.69. The van der Waals surface area contributed by atoms with Crippen LogP contribution in [0.1, 0.15) is 30.3 Å². The second-order valence-electron chi connectivity index (χ2n) is 7.39. The highest BCUT2D eigenvalue weighted by molar-refractivity contribution is 6.30. The van der Waals surface area contributed by atoms with Crippen LogP contribution in [0.4, 0.5) is 5.82 Å². The van der Waals surface area contributed by atoms with Crippen LogP contribution in [0, 0.1) is 12.8 Å². The first kappa shape index (κ1) is 18.7. The van der Waals surface area contributed by atoms with Gasteiger partial charge in [-0.1, -0.05) is 30.7 Å². The van der Waals surface area contributed by atoms with Gasteiger partial charge in [0.2, 0.25) is 0 Å². The molecule has 1 aromatic carbocycles. The highest BCUT2D eigenvalue weighted by Gasteiger charge is 2.44. The number of carboxylic acid groups (broad SMARTS) is 1. The van der Waals surface area contributed by atoms with Crippen molar-refractivity contribution in [3.05, 3.63) is 58.4 Å². The Bertz CT molecular complexity index is 1020. The van der Waals surface area contributed by atoms with Crippen LogP contribution in [0.25, 0.3) is 5.65 Å². The molecule has 1 fully saturated rings. The molecule has 28 heavy (non-hydrogen) atoms. The van der Waals surface area contributed by atoms with E-state index in [0.29, 0.717) is 0 Å². The van der Waals surface area contributed by atoms with Gasteiger partial charge in [0.1, 0.15) is 11.9 Å². The molecule has 2 atom stereocenters. The van der Waals surface area contributed by atoms with Crippen LogP contribution in [0.5, 0.6) is 0 Å². The summed E-state index contributed by atoms with van der Waals surface area (Å²) >= 11 is 5.95. The fourth-order valence-electron chi connectivity index (χ4n) is 3.88. The highest BCUT2D eigenvalue weighted by atomic mass is 35.5. The molecule has 1 aliphatic heterocycles. The fraction of sp³-hybridized carbons (Fsp3) is 0.381. The predicted molar refractivity (Wildman–Crippen MR) is 109 cm³/mol. The number of halogens is 1. The Hall–Kier alpha value is -2.60. The molecular formula is C21H23ClN4O2. The molecular weight excluding hydrogens is 376 g/mol. The Kier molecular flexibility index (Phi) is 4.98. The second kappa shape index (κ2) is 7.43. The van der Waals surface area contributed by atoms with E-state index >= 15 is 0 Å². The lowest BCUT2D eigenvalue weighted by atomic mass is 9.86. The van der Waals surface area contributed by atoms with E-state index in [2.05, 4.69) is 4.98 Å². The Morgan fingerprint density at radius 1 is 1.25 bits per heavy atom. The van der Waals surface area contributed by atoms with E-state index in [9.17, 15) is 9.90 Å². The SMILES string of the molecule is CCC1CN(c2cc(C)nc3cc(CCc4ccc(Cl)cc4)nn23)C1C(=O)O. The average Bonchev–Trinajstić information content (AvgIpc) is 3.03. The largest absolute Gasteiger partial charge is 0.480 e. The number of rotatable bonds is 6. The van der Waals surface area contributed by atoms with Crippen molar-refractivity contribution in [3.8, 4) is 0 Å². The van der Waals surface area contributed by atoms with Crippen molar-refractivity contribution in [3.63, 3.8) is 0 Å². The standard InChI is InChI=1S/C21H23ClN4O2/c1-3-15-12-25(20(15)21(27)28)19-10-13(2)23-18-11-17(24-26(18)19)9-6-14-4-7-16(22)8-5-14/h4-5,7-8,10-11,15,20H,3,6,9,12H2,1-2H3,(H,27,28). The van der Waals surface area contributed by atoms with Crippen molar-refractivity contribution in [2.24, 2.45) is 5.92 Å². The third-order valence-corrected chi connectivity index (χ3v) is 5.71. The summed E-state index contributed by atoms with van der Waals surface area (Å²) in [5.41, 5.74) is 3.75. The van der Waals surface area contributed by atoms with Crippen molar-refractivity contribution in [2.45, 2.75) is 39.2 Å². The smallest absolute Gasteiger partial charge is 0.326 e. The van der Waals surface area contributed by atoms with Crippen LogP contribution in [0.15, 0.2) is 36.4 Å². The van der Waals surface area contributed by atoms with E-state index in [0.717, 1.165) is 53.7 Å². The molecule has 0 amide bonds. The average molecular weight is 399 g/mol. The minimum Gasteiger partial charge on any atom is -0.480 e. The topological polar surface area (TPSA) is 70.7 Å². The Morgan fingerprint density at radius 3 is 2.68 bits per heavy atom. The van der Waals surface area contributed by atoms with Gasteiger partial charge in [0, 0.05) is 35.3 Å². The summed E-state index contributed by atoms with van der Waals surface area (Å²) in [6, 6.07) is 11.2. The first-order valence-corrected chi connectivity index (χ1v) is 9.94. The Labute approximate surface area is 168 Å². The summed E-state index contributed by atoms with van der Waals surface area (Å²) < 4.78 is 1.78. The van der Waals surface area contributed by atoms with E-state index in [-0.39, 0.29) is 5.92 Å². The van der Waals surface area contributed by atoms with Crippen LogP contribution in [0.2, 0.25) is 5.02 Å². The van der Waals surface area contributed by atoms with Gasteiger partial charge in [-0.05, 0) is 43.9 Å². The number of nitrogens with zero attached hydrogens (tertiary/aromatic N) is 4. The zero-order chi connectivity index (χ0) is 19.8. The summed E-state index contributed by atoms with van der Waals surface area (Å²) in [6.07, 6.45) is 2.49. The number of anilines is 1. The van der Waals surface area contributed by atoms with Crippen LogP contribution in [-0.2, 0) is 17.6 Å². The van der Waals surface area contributed by atoms with E-state index in [4.69, 9.17) is 16.7 Å². The molecule has 3 aromatic rings. The molecule has 1 N–H and O–H groups in total. The zero-order valence-electron chi connectivity index (χ0n) is 16.0. The molecule has 3 heterocycles. The minimum atomic E-state index is -0.782. The van der Waals surface area contributed by atoms with Crippen molar-refractivity contribution in [1.29, 1.82) is 0 Å². The van der Waals surface area contributed by atoms with Gasteiger partial charge >= 0.3 is 5.97 Å². The van der Waals surface area contributed by atoms with E-state index in [1.54, 1.807) is 4.52 Å². The maximum absolute atomic E-state index is 11.7. The number of carbonyl (C=O) groups is 1. The van der Waals surface area contributed by atoms with E-state index in [1.807, 2.05) is 55.1 Å². The molecule has 0 radical (unpaired) electrons. The first-order chi connectivity index (χ1) is 13.5. The lowest BCUT2D eigenvalue weighted by molar-refractivity contribution is -0.141. The van der Waals surface area contributed by atoms with Gasteiger partial charge in [-0.15, -0.1) is 0 Å². The Balaban J connectivity index is 1.61. The van der Waals surface area contributed by atoms with E-state index in [1.165, 1.54) is 5.56 Å². The second-order valence-corrected chi connectivity index (χ2v) is 7.83. The van der Waals surface area contributed by atoms with Crippen molar-refractivity contribution >= 4 is 29.0 Å². The maximum Gasteiger partial charge on any atom is 0.326 e. The van der Waals surface area contributed by atoms with Crippen LogP contribution in [0.3, 0.4) is 0 Å². The number of aliphatic carboxylic acids is 1. The molecule has 146 valence electrons. The lowest BCUT2D eigenvalue weighted by Crippen LogP contribution is -2.60. The summed E-state index contributed by atoms with van der Waals surface area (Å²) in [5.74, 6) is 0.189. The van der Waals surface area contributed by atoms with Gasteiger partial charge in [0.05, 0.1) is 5.69 Å². The van der Waals surface area contributed by atoms with Gasteiger partial charge in [-0.2, -0.15) is 9.61 Å². The summed E-state index contributed by atoms with van der Waals surface area (Å²) in [4.78, 5) is 18.3. The molecule has 4 rings (SSSR count). The number of aryl methyl sites for hydroxylation is 3. The monoisotopic (exact) mass is 398 g/mol. The Morgan fingerprint density at radius 2 is 2.00 bits per heavy atom. The molecule has 1 saturated heterocycles. The third-order valence-electron chi connectivity index (χ3n) is 5.46. The van der Waals surface area contributed by atoms with Gasteiger partial charge < -0.3 is 10.0 Å². The quantitative estimate of drug-likeness (QED) is 0.684. The van der Waals surface area contributed by atoms with Crippen LogP contribution < -0.4 is 4.90 Å². The number of benzene rings is 1. The van der Waals surface area contributed by atoms with Crippen LogP contribution >= 0.6 is 11.6 Å². The molecule has 2 aromatic heterocycles. The molecule has 6 nitrogen and oxygen atoms in total. The number of aromatic nitrogens is 3. The summed E-state index contributed by atoms with van der Waals surface area (Å²) in [7, 11) is 0. The van der Waals surface area contributed by atoms with Gasteiger partial charge in [-0.3, -0.25) is 0 Å². The molecule has 0 spiro atoms. The fourth-order valence-corrected chi connectivity index (χ4v) is 4.01. The first-order valence-electron chi connectivity index (χ1n) is 9.56. The normalized spacial score (nSPS) is 19.0. The summed E-state index contributed by atoms with van der Waals surface area (Å²) in [5, 5.41) is 15.1. The van der Waals surface area contributed by atoms with Crippen LogP contribution in [-0.4, -0.2) is 38.3 Å². The lowest BCUT2D eigenvalue weighted by Gasteiger charge is -2.46. The zero-order valence-corrected chi connectivity index (χ0v) is 16.7.